The normalized spacial score (nSPS) is 15.0. The fraction of sp³-hybridized carbons (Fsp3) is 0.440. The van der Waals surface area contributed by atoms with Gasteiger partial charge >= 0.3 is 0 Å². The lowest BCUT2D eigenvalue weighted by molar-refractivity contribution is -0.139. The molecule has 0 aliphatic heterocycles. The van der Waals surface area contributed by atoms with E-state index in [2.05, 4.69) is 17.4 Å². The summed E-state index contributed by atoms with van der Waals surface area (Å²) >= 11 is 1.52. The lowest BCUT2D eigenvalue weighted by Crippen LogP contribution is -2.51. The molecule has 0 spiro atoms. The Morgan fingerprint density at radius 2 is 1.73 bits per heavy atom. The number of thioether (sulfide) groups is 1. The molecule has 4 nitrogen and oxygen atoms in total. The number of nitrogens with one attached hydrogen (secondary N) is 1. The number of carbonyl (C=O) groups excluding carboxylic acids is 2. The smallest absolute Gasteiger partial charge is 0.243 e. The number of carbonyl (C=O) groups is 2. The fourth-order valence-corrected chi connectivity index (χ4v) is 4.73. The summed E-state index contributed by atoms with van der Waals surface area (Å²) in [6.45, 7) is 4.48. The zero-order valence-electron chi connectivity index (χ0n) is 18.0. The van der Waals surface area contributed by atoms with Crippen LogP contribution < -0.4 is 5.32 Å². The Hall–Kier alpha value is -2.27. The van der Waals surface area contributed by atoms with Gasteiger partial charge in [-0.3, -0.25) is 9.59 Å². The molecule has 2 aromatic carbocycles. The lowest BCUT2D eigenvalue weighted by atomic mass is 10.1. The van der Waals surface area contributed by atoms with E-state index in [0.29, 0.717) is 18.7 Å². The summed E-state index contributed by atoms with van der Waals surface area (Å²) in [5, 5.41) is 3.19. The lowest BCUT2D eigenvalue weighted by Gasteiger charge is -2.31. The van der Waals surface area contributed by atoms with Crippen LogP contribution in [0.5, 0.6) is 0 Å². The highest BCUT2D eigenvalue weighted by atomic mass is 32.2. The van der Waals surface area contributed by atoms with Crippen molar-refractivity contribution in [2.24, 2.45) is 0 Å². The zero-order valence-corrected chi connectivity index (χ0v) is 18.8. The average Bonchev–Trinajstić information content (AvgIpc) is 3.27. The Morgan fingerprint density at radius 3 is 2.37 bits per heavy atom. The molecule has 5 heteroatoms. The number of aryl methyl sites for hydroxylation is 1. The monoisotopic (exact) mass is 424 g/mol. The third-order valence-electron chi connectivity index (χ3n) is 5.67. The summed E-state index contributed by atoms with van der Waals surface area (Å²) < 4.78 is 0. The van der Waals surface area contributed by atoms with Gasteiger partial charge in [-0.15, -0.1) is 11.8 Å². The molecule has 0 radical (unpaired) electrons. The molecule has 1 aliphatic carbocycles. The summed E-state index contributed by atoms with van der Waals surface area (Å²) in [7, 11) is 0. The molecule has 30 heavy (non-hydrogen) atoms. The van der Waals surface area contributed by atoms with Gasteiger partial charge in [-0.25, -0.2) is 0 Å². The first-order valence-corrected chi connectivity index (χ1v) is 11.9. The molecule has 1 aliphatic rings. The van der Waals surface area contributed by atoms with Crippen molar-refractivity contribution in [3.63, 3.8) is 0 Å². The number of hydrogen-bond acceptors (Lipinski definition) is 3. The molecular formula is C25H32N2O2S. The first-order valence-electron chi connectivity index (χ1n) is 10.9. The van der Waals surface area contributed by atoms with Crippen molar-refractivity contribution in [2.45, 2.75) is 69.5 Å². The van der Waals surface area contributed by atoms with Crippen molar-refractivity contribution in [1.29, 1.82) is 0 Å². The minimum atomic E-state index is -0.448. The van der Waals surface area contributed by atoms with Gasteiger partial charge in [0.25, 0.3) is 0 Å². The summed E-state index contributed by atoms with van der Waals surface area (Å²) in [5.74, 6) is 0.302. The van der Waals surface area contributed by atoms with Gasteiger partial charge in [-0.1, -0.05) is 67.8 Å². The van der Waals surface area contributed by atoms with Gasteiger partial charge in [0, 0.05) is 17.5 Å². The highest BCUT2D eigenvalue weighted by molar-refractivity contribution is 8.00. The Kier molecular flexibility index (Phi) is 8.38. The molecule has 2 aromatic rings. The first kappa shape index (κ1) is 22.4. The minimum Gasteiger partial charge on any atom is -0.352 e. The molecule has 0 heterocycles. The van der Waals surface area contributed by atoms with Crippen LogP contribution >= 0.6 is 11.8 Å². The van der Waals surface area contributed by atoms with Gasteiger partial charge in [-0.05, 0) is 43.9 Å². The molecule has 2 amide bonds. The van der Waals surface area contributed by atoms with E-state index in [1.807, 2.05) is 56.3 Å². The van der Waals surface area contributed by atoms with Crippen LogP contribution in [0.15, 0.2) is 59.5 Å². The fourth-order valence-electron chi connectivity index (χ4n) is 3.92. The zero-order chi connectivity index (χ0) is 21.3. The Morgan fingerprint density at radius 1 is 1.07 bits per heavy atom. The van der Waals surface area contributed by atoms with Crippen LogP contribution in [-0.4, -0.2) is 34.6 Å². The van der Waals surface area contributed by atoms with Crippen molar-refractivity contribution in [3.8, 4) is 0 Å². The number of rotatable bonds is 9. The van der Waals surface area contributed by atoms with Crippen molar-refractivity contribution in [2.75, 3.05) is 5.75 Å². The molecule has 0 saturated heterocycles. The SMILES string of the molecule is CC[C@@H](C(=O)NC1CCCC1)N(Cc1ccc(C)cc1)C(=O)CSc1ccccc1. The van der Waals surface area contributed by atoms with E-state index in [1.165, 1.54) is 30.2 Å². The second-order valence-corrected chi connectivity index (χ2v) is 9.07. The standard InChI is InChI=1S/C25H32N2O2S/c1-3-23(25(29)26-21-9-7-8-10-21)27(17-20-15-13-19(2)14-16-20)24(28)18-30-22-11-5-4-6-12-22/h4-6,11-16,21,23H,3,7-10,17-18H2,1-2H3,(H,26,29)/t23-/m0/s1. The Labute approximate surface area is 184 Å². The number of hydrogen-bond donors (Lipinski definition) is 1. The largest absolute Gasteiger partial charge is 0.352 e. The van der Waals surface area contributed by atoms with Crippen molar-refractivity contribution in [3.05, 3.63) is 65.7 Å². The van der Waals surface area contributed by atoms with Gasteiger partial charge in [0.05, 0.1) is 5.75 Å². The molecule has 3 rings (SSSR count). The van der Waals surface area contributed by atoms with Gasteiger partial charge in [0.2, 0.25) is 11.8 Å². The van der Waals surface area contributed by atoms with Gasteiger partial charge < -0.3 is 10.2 Å². The molecule has 0 unspecified atom stereocenters. The van der Waals surface area contributed by atoms with Gasteiger partial charge in [0.15, 0.2) is 0 Å². The number of benzene rings is 2. The number of nitrogens with zero attached hydrogens (tertiary/aromatic N) is 1. The third kappa shape index (κ3) is 6.36. The van der Waals surface area contributed by atoms with E-state index in [9.17, 15) is 9.59 Å². The maximum atomic E-state index is 13.3. The molecular weight excluding hydrogens is 392 g/mol. The molecule has 0 aromatic heterocycles. The first-order chi connectivity index (χ1) is 14.6. The molecule has 1 N–H and O–H groups in total. The Balaban J connectivity index is 1.74. The second-order valence-electron chi connectivity index (χ2n) is 8.02. The topological polar surface area (TPSA) is 49.4 Å². The highest BCUT2D eigenvalue weighted by Gasteiger charge is 2.30. The van der Waals surface area contributed by atoms with E-state index in [0.717, 1.165) is 23.3 Å². The van der Waals surface area contributed by atoms with Crippen LogP contribution in [0.25, 0.3) is 0 Å². The van der Waals surface area contributed by atoms with Gasteiger partial charge in [0.1, 0.15) is 6.04 Å². The average molecular weight is 425 g/mol. The van der Waals surface area contributed by atoms with Crippen LogP contribution in [0.1, 0.15) is 50.2 Å². The number of amides is 2. The molecule has 1 fully saturated rings. The highest BCUT2D eigenvalue weighted by Crippen LogP contribution is 2.22. The maximum Gasteiger partial charge on any atom is 0.243 e. The minimum absolute atomic E-state index is 0.00199. The Bertz CT molecular complexity index is 817. The second kappa shape index (κ2) is 11.2. The molecule has 1 atom stereocenters. The van der Waals surface area contributed by atoms with Crippen molar-refractivity contribution < 1.29 is 9.59 Å². The summed E-state index contributed by atoms with van der Waals surface area (Å²) in [5.41, 5.74) is 2.23. The molecule has 0 bridgehead atoms. The van der Waals surface area contributed by atoms with E-state index >= 15 is 0 Å². The van der Waals surface area contributed by atoms with Crippen LogP contribution in [0, 0.1) is 6.92 Å². The molecule has 1 saturated carbocycles. The maximum absolute atomic E-state index is 13.3. The summed E-state index contributed by atoms with van der Waals surface area (Å²) in [4.78, 5) is 29.2. The quantitative estimate of drug-likeness (QED) is 0.579. The predicted molar refractivity (Wildman–Crippen MR) is 123 cm³/mol. The van der Waals surface area contributed by atoms with E-state index < -0.39 is 6.04 Å². The predicted octanol–water partition coefficient (Wildman–Crippen LogP) is 4.95. The van der Waals surface area contributed by atoms with Crippen LogP contribution in [-0.2, 0) is 16.1 Å². The van der Waals surface area contributed by atoms with E-state index in [-0.39, 0.29) is 17.9 Å². The van der Waals surface area contributed by atoms with E-state index in [4.69, 9.17) is 0 Å². The summed E-state index contributed by atoms with van der Waals surface area (Å²) in [6, 6.07) is 17.9. The third-order valence-corrected chi connectivity index (χ3v) is 6.66. The summed E-state index contributed by atoms with van der Waals surface area (Å²) in [6.07, 6.45) is 5.02. The van der Waals surface area contributed by atoms with E-state index in [1.54, 1.807) is 4.90 Å². The van der Waals surface area contributed by atoms with Crippen LogP contribution in [0.2, 0.25) is 0 Å². The van der Waals surface area contributed by atoms with Crippen LogP contribution in [0.4, 0.5) is 0 Å². The van der Waals surface area contributed by atoms with Crippen molar-refractivity contribution >= 4 is 23.6 Å². The molecule has 160 valence electrons. The van der Waals surface area contributed by atoms with Crippen LogP contribution in [0.3, 0.4) is 0 Å². The van der Waals surface area contributed by atoms with Crippen molar-refractivity contribution in [1.82, 2.24) is 10.2 Å². The van der Waals surface area contributed by atoms with Gasteiger partial charge in [-0.2, -0.15) is 0 Å².